The second kappa shape index (κ2) is 5.89. The van der Waals surface area contributed by atoms with Crippen LogP contribution in [0.5, 0.6) is 0 Å². The van der Waals surface area contributed by atoms with Crippen LogP contribution >= 0.6 is 0 Å². The maximum absolute atomic E-state index is 11.6. The monoisotopic (exact) mass is 212 g/mol. The first kappa shape index (κ1) is 12.2. The van der Waals surface area contributed by atoms with Crippen molar-refractivity contribution in [2.24, 2.45) is 5.92 Å². The van der Waals surface area contributed by atoms with Gasteiger partial charge in [0.05, 0.1) is 5.92 Å². The summed E-state index contributed by atoms with van der Waals surface area (Å²) in [6.07, 6.45) is 5.39. The summed E-state index contributed by atoms with van der Waals surface area (Å²) in [4.78, 5) is 22.4. The lowest BCUT2D eigenvalue weighted by molar-refractivity contribution is -0.148. The largest absolute Gasteiger partial charge is 0.462 e. The summed E-state index contributed by atoms with van der Waals surface area (Å²) < 4.78 is 5.17. The highest BCUT2D eigenvalue weighted by Crippen LogP contribution is 2.29. The summed E-state index contributed by atoms with van der Waals surface area (Å²) in [6, 6.07) is 0. The predicted octanol–water partition coefficient (Wildman–Crippen LogP) is 2.48. The third-order valence-corrected chi connectivity index (χ3v) is 2.97. The summed E-state index contributed by atoms with van der Waals surface area (Å²) in [5, 5.41) is 0. The molecule has 0 amide bonds. The van der Waals surface area contributed by atoms with Crippen LogP contribution in [0.3, 0.4) is 0 Å². The van der Waals surface area contributed by atoms with Crippen LogP contribution in [-0.4, -0.2) is 17.9 Å². The fourth-order valence-electron chi connectivity index (χ4n) is 2.19. The molecule has 1 fully saturated rings. The van der Waals surface area contributed by atoms with E-state index in [4.69, 9.17) is 4.74 Å². The molecule has 86 valence electrons. The number of Topliss-reactive ketones (excluding diaryl/α,β-unsaturated/α-hetero) is 1. The Labute approximate surface area is 91.2 Å². The van der Waals surface area contributed by atoms with Crippen molar-refractivity contribution in [1.29, 1.82) is 0 Å². The van der Waals surface area contributed by atoms with Gasteiger partial charge in [-0.25, -0.2) is 0 Å². The third-order valence-electron chi connectivity index (χ3n) is 2.97. The average molecular weight is 212 g/mol. The lowest BCUT2D eigenvalue weighted by Gasteiger charge is -2.17. The van der Waals surface area contributed by atoms with Gasteiger partial charge >= 0.3 is 5.97 Å². The second-order valence-electron chi connectivity index (χ2n) is 4.26. The van der Waals surface area contributed by atoms with Crippen LogP contribution < -0.4 is 0 Å². The van der Waals surface area contributed by atoms with Gasteiger partial charge in [0.2, 0.25) is 0 Å². The van der Waals surface area contributed by atoms with Crippen LogP contribution in [-0.2, 0) is 14.3 Å². The van der Waals surface area contributed by atoms with Gasteiger partial charge in [0.1, 0.15) is 11.9 Å². The standard InChI is InChI=1S/C12H20O3/c1-3-4-5-6-10-11(14)7-8-12(10)15-9(2)13/h10,12H,3-8H2,1-2H3/t10-,12-/m1/s1. The molecule has 0 aromatic rings. The predicted molar refractivity (Wildman–Crippen MR) is 57.4 cm³/mol. The first-order valence-electron chi connectivity index (χ1n) is 5.85. The van der Waals surface area contributed by atoms with E-state index in [9.17, 15) is 9.59 Å². The van der Waals surface area contributed by atoms with Crippen molar-refractivity contribution in [3.8, 4) is 0 Å². The van der Waals surface area contributed by atoms with Crippen LogP contribution in [0.15, 0.2) is 0 Å². The van der Waals surface area contributed by atoms with E-state index < -0.39 is 0 Å². The zero-order valence-corrected chi connectivity index (χ0v) is 9.62. The number of rotatable bonds is 5. The van der Waals surface area contributed by atoms with Gasteiger partial charge in [-0.3, -0.25) is 9.59 Å². The minimum atomic E-state index is -0.268. The highest BCUT2D eigenvalue weighted by atomic mass is 16.5. The second-order valence-corrected chi connectivity index (χ2v) is 4.26. The number of carbonyl (C=O) groups is 2. The van der Waals surface area contributed by atoms with Gasteiger partial charge in [-0.05, 0) is 12.8 Å². The number of esters is 1. The van der Waals surface area contributed by atoms with Crippen molar-refractivity contribution in [3.05, 3.63) is 0 Å². The Morgan fingerprint density at radius 3 is 2.80 bits per heavy atom. The Balaban J connectivity index is 2.41. The van der Waals surface area contributed by atoms with Gasteiger partial charge in [-0.1, -0.05) is 26.2 Å². The van der Waals surface area contributed by atoms with E-state index in [0.29, 0.717) is 6.42 Å². The zero-order chi connectivity index (χ0) is 11.3. The topological polar surface area (TPSA) is 43.4 Å². The highest BCUT2D eigenvalue weighted by Gasteiger charge is 2.36. The van der Waals surface area contributed by atoms with Gasteiger partial charge in [-0.2, -0.15) is 0 Å². The summed E-state index contributed by atoms with van der Waals surface area (Å²) in [5.74, 6) is -0.0204. The summed E-state index contributed by atoms with van der Waals surface area (Å²) in [7, 11) is 0. The Bertz CT molecular complexity index is 235. The lowest BCUT2D eigenvalue weighted by Crippen LogP contribution is -2.24. The maximum Gasteiger partial charge on any atom is 0.302 e. The quantitative estimate of drug-likeness (QED) is 0.519. The molecule has 1 saturated carbocycles. The van der Waals surface area contributed by atoms with Crippen LogP contribution in [0, 0.1) is 5.92 Å². The van der Waals surface area contributed by atoms with E-state index in [1.165, 1.54) is 6.92 Å². The third kappa shape index (κ3) is 3.65. The van der Waals surface area contributed by atoms with E-state index >= 15 is 0 Å². The van der Waals surface area contributed by atoms with Crippen molar-refractivity contribution < 1.29 is 14.3 Å². The van der Waals surface area contributed by atoms with E-state index in [1.807, 2.05) is 0 Å². The normalized spacial score (nSPS) is 25.6. The molecule has 0 radical (unpaired) electrons. The summed E-state index contributed by atoms with van der Waals surface area (Å²) >= 11 is 0. The van der Waals surface area contributed by atoms with Gasteiger partial charge in [0.15, 0.2) is 0 Å². The molecule has 15 heavy (non-hydrogen) atoms. The minimum Gasteiger partial charge on any atom is -0.462 e. The smallest absolute Gasteiger partial charge is 0.302 e. The molecule has 1 rings (SSSR count). The Morgan fingerprint density at radius 1 is 1.47 bits per heavy atom. The Hall–Kier alpha value is -0.860. The molecule has 0 unspecified atom stereocenters. The number of hydrogen-bond donors (Lipinski definition) is 0. The van der Waals surface area contributed by atoms with Gasteiger partial charge in [0, 0.05) is 13.3 Å². The molecule has 0 saturated heterocycles. The molecule has 0 aromatic heterocycles. The molecule has 2 atom stereocenters. The molecule has 3 heteroatoms. The zero-order valence-electron chi connectivity index (χ0n) is 9.62. The van der Waals surface area contributed by atoms with Crippen molar-refractivity contribution in [2.45, 2.75) is 58.5 Å². The molecule has 0 aromatic carbocycles. The first-order chi connectivity index (χ1) is 7.15. The number of ketones is 1. The minimum absolute atomic E-state index is 0.0274. The molecule has 3 nitrogen and oxygen atoms in total. The number of hydrogen-bond acceptors (Lipinski definition) is 3. The number of unbranched alkanes of at least 4 members (excludes halogenated alkanes) is 2. The summed E-state index contributed by atoms with van der Waals surface area (Å²) in [5.41, 5.74) is 0. The van der Waals surface area contributed by atoms with Gasteiger partial charge in [-0.15, -0.1) is 0 Å². The van der Waals surface area contributed by atoms with E-state index in [2.05, 4.69) is 6.92 Å². The maximum atomic E-state index is 11.6. The van der Waals surface area contributed by atoms with E-state index in [-0.39, 0.29) is 23.8 Å². The van der Waals surface area contributed by atoms with E-state index in [0.717, 1.165) is 32.1 Å². The highest BCUT2D eigenvalue weighted by molar-refractivity contribution is 5.84. The molecule has 1 aliphatic rings. The summed E-state index contributed by atoms with van der Waals surface area (Å²) in [6.45, 7) is 3.55. The van der Waals surface area contributed by atoms with Crippen LogP contribution in [0.2, 0.25) is 0 Å². The fraction of sp³-hybridized carbons (Fsp3) is 0.833. The molecule has 0 aliphatic heterocycles. The molecular weight excluding hydrogens is 192 g/mol. The van der Waals surface area contributed by atoms with Crippen LogP contribution in [0.4, 0.5) is 0 Å². The average Bonchev–Trinajstić information content (AvgIpc) is 2.49. The van der Waals surface area contributed by atoms with Crippen LogP contribution in [0.25, 0.3) is 0 Å². The van der Waals surface area contributed by atoms with Crippen LogP contribution in [0.1, 0.15) is 52.4 Å². The van der Waals surface area contributed by atoms with Crippen molar-refractivity contribution >= 4 is 11.8 Å². The fourth-order valence-corrected chi connectivity index (χ4v) is 2.19. The molecule has 0 N–H and O–H groups in total. The first-order valence-corrected chi connectivity index (χ1v) is 5.85. The lowest BCUT2D eigenvalue weighted by atomic mass is 9.97. The molecule has 0 heterocycles. The van der Waals surface area contributed by atoms with Crippen molar-refractivity contribution in [1.82, 2.24) is 0 Å². The van der Waals surface area contributed by atoms with Crippen molar-refractivity contribution in [2.75, 3.05) is 0 Å². The number of ether oxygens (including phenoxy) is 1. The number of carbonyl (C=O) groups excluding carboxylic acids is 2. The molecule has 0 spiro atoms. The Morgan fingerprint density at radius 2 is 2.20 bits per heavy atom. The SMILES string of the molecule is CCCCC[C@@H]1C(=O)CC[C@H]1OC(C)=O. The van der Waals surface area contributed by atoms with Gasteiger partial charge in [0.25, 0.3) is 0 Å². The van der Waals surface area contributed by atoms with E-state index in [1.54, 1.807) is 0 Å². The Kier molecular flexibility index (Phi) is 4.79. The van der Waals surface area contributed by atoms with Crippen molar-refractivity contribution in [3.63, 3.8) is 0 Å². The molecule has 1 aliphatic carbocycles. The molecule has 0 bridgehead atoms. The molecular formula is C12H20O3. The van der Waals surface area contributed by atoms with Gasteiger partial charge < -0.3 is 4.74 Å².